The molecule has 0 amide bonds. The van der Waals surface area contributed by atoms with Gasteiger partial charge in [0, 0.05) is 11.7 Å². The summed E-state index contributed by atoms with van der Waals surface area (Å²) in [4.78, 5) is 3.74. The second-order valence-electron chi connectivity index (χ2n) is 7.48. The van der Waals surface area contributed by atoms with Crippen LogP contribution in [0.2, 0.25) is 0 Å². The van der Waals surface area contributed by atoms with E-state index < -0.39 is 11.7 Å². The van der Waals surface area contributed by atoms with Crippen LogP contribution in [-0.2, 0) is 6.18 Å². The van der Waals surface area contributed by atoms with Crippen molar-refractivity contribution in [3.8, 4) is 0 Å². The van der Waals surface area contributed by atoms with Gasteiger partial charge in [-0.3, -0.25) is 0 Å². The second kappa shape index (κ2) is 4.52. The van der Waals surface area contributed by atoms with Gasteiger partial charge < -0.3 is 11.1 Å². The third-order valence-electron chi connectivity index (χ3n) is 5.68. The fraction of sp³-hybridized carbons (Fsp3) is 0.688. The van der Waals surface area contributed by atoms with Crippen molar-refractivity contribution in [3.05, 3.63) is 17.8 Å². The Bertz CT molecular complexity index is 562. The number of nitrogens with one attached hydrogen (secondary N) is 1. The van der Waals surface area contributed by atoms with E-state index in [-0.39, 0.29) is 11.4 Å². The largest absolute Gasteiger partial charge is 0.417 e. The summed E-state index contributed by atoms with van der Waals surface area (Å²) in [5.41, 5.74) is 5.35. The molecule has 4 saturated carbocycles. The van der Waals surface area contributed by atoms with Crippen LogP contribution in [0.5, 0.6) is 0 Å². The molecule has 1 aromatic heterocycles. The topological polar surface area (TPSA) is 50.9 Å². The molecule has 4 bridgehead atoms. The van der Waals surface area contributed by atoms with Crippen LogP contribution in [0.4, 0.5) is 24.7 Å². The lowest BCUT2D eigenvalue weighted by Gasteiger charge is -2.57. The molecule has 4 aliphatic rings. The van der Waals surface area contributed by atoms with Gasteiger partial charge in [-0.25, -0.2) is 4.98 Å². The Morgan fingerprint density at radius 1 is 1.09 bits per heavy atom. The number of hydrogen-bond acceptors (Lipinski definition) is 3. The van der Waals surface area contributed by atoms with Gasteiger partial charge >= 0.3 is 6.18 Å². The predicted octanol–water partition coefficient (Wildman–Crippen LogP) is 4.06. The van der Waals surface area contributed by atoms with Crippen molar-refractivity contribution in [2.24, 2.45) is 17.8 Å². The lowest BCUT2D eigenvalue weighted by atomic mass is 9.53. The zero-order valence-corrected chi connectivity index (χ0v) is 12.3. The number of halogens is 3. The van der Waals surface area contributed by atoms with Gasteiger partial charge in [0.2, 0.25) is 0 Å². The Labute approximate surface area is 127 Å². The van der Waals surface area contributed by atoms with Gasteiger partial charge in [0.15, 0.2) is 0 Å². The fourth-order valence-electron chi connectivity index (χ4n) is 5.28. The first-order valence-electron chi connectivity index (χ1n) is 7.94. The molecule has 4 fully saturated rings. The molecule has 120 valence electrons. The summed E-state index contributed by atoms with van der Waals surface area (Å²) in [5, 5.41) is 3.38. The Balaban J connectivity index is 1.63. The number of hydrogen-bond donors (Lipinski definition) is 2. The van der Waals surface area contributed by atoms with Gasteiger partial charge in [-0.1, -0.05) is 0 Å². The van der Waals surface area contributed by atoms with Crippen LogP contribution in [0.15, 0.2) is 12.3 Å². The summed E-state index contributed by atoms with van der Waals surface area (Å²) < 4.78 is 38.7. The van der Waals surface area contributed by atoms with E-state index >= 15 is 0 Å². The van der Waals surface area contributed by atoms with Crippen molar-refractivity contribution in [3.63, 3.8) is 0 Å². The van der Waals surface area contributed by atoms with Gasteiger partial charge in [0.1, 0.15) is 5.82 Å². The number of nitrogen functional groups attached to an aromatic ring is 1. The zero-order valence-electron chi connectivity index (χ0n) is 12.3. The summed E-state index contributed by atoms with van der Waals surface area (Å²) in [5.74, 6) is 2.32. The summed E-state index contributed by atoms with van der Waals surface area (Å²) in [7, 11) is 0. The second-order valence-corrected chi connectivity index (χ2v) is 7.48. The quantitative estimate of drug-likeness (QED) is 0.866. The van der Waals surface area contributed by atoms with Crippen molar-refractivity contribution in [1.82, 2.24) is 4.98 Å². The lowest BCUT2D eigenvalue weighted by molar-refractivity contribution is -0.137. The molecule has 6 heteroatoms. The Hall–Kier alpha value is -1.46. The molecule has 0 unspecified atom stereocenters. The first kappa shape index (κ1) is 14.2. The molecule has 0 aromatic carbocycles. The van der Waals surface area contributed by atoms with Crippen LogP contribution in [0.3, 0.4) is 0 Å². The highest BCUT2D eigenvalue weighted by atomic mass is 19.4. The molecule has 0 saturated heterocycles. The minimum absolute atomic E-state index is 0.0746. The number of pyridine rings is 1. The van der Waals surface area contributed by atoms with Crippen LogP contribution < -0.4 is 11.1 Å². The van der Waals surface area contributed by atoms with Gasteiger partial charge in [0.05, 0.1) is 11.3 Å². The van der Waals surface area contributed by atoms with Crippen molar-refractivity contribution in [2.45, 2.75) is 50.2 Å². The molecular weight excluding hydrogens is 291 g/mol. The molecule has 1 heterocycles. The number of anilines is 2. The number of aromatic nitrogens is 1. The smallest absolute Gasteiger partial charge is 0.382 e. The number of alkyl halides is 3. The minimum Gasteiger partial charge on any atom is -0.382 e. The fourth-order valence-corrected chi connectivity index (χ4v) is 5.28. The predicted molar refractivity (Wildman–Crippen MR) is 78.2 cm³/mol. The maximum atomic E-state index is 12.9. The molecule has 3 nitrogen and oxygen atoms in total. The molecule has 3 N–H and O–H groups in total. The average molecular weight is 311 g/mol. The maximum absolute atomic E-state index is 12.9. The Kier molecular flexibility index (Phi) is 2.91. The summed E-state index contributed by atoms with van der Waals surface area (Å²) in [6.07, 6.45) is 3.43. The first-order valence-corrected chi connectivity index (χ1v) is 7.94. The Morgan fingerprint density at radius 3 is 2.14 bits per heavy atom. The minimum atomic E-state index is -4.39. The molecule has 1 aromatic rings. The molecule has 0 radical (unpaired) electrons. The van der Waals surface area contributed by atoms with E-state index in [0.29, 0.717) is 5.69 Å². The van der Waals surface area contributed by atoms with Crippen LogP contribution in [0, 0.1) is 17.8 Å². The molecule has 0 atom stereocenters. The van der Waals surface area contributed by atoms with E-state index in [1.54, 1.807) is 0 Å². The van der Waals surface area contributed by atoms with E-state index in [1.165, 1.54) is 19.3 Å². The van der Waals surface area contributed by atoms with E-state index in [9.17, 15) is 13.2 Å². The normalized spacial score (nSPS) is 36.6. The van der Waals surface area contributed by atoms with Crippen LogP contribution in [0.25, 0.3) is 0 Å². The average Bonchev–Trinajstić information content (AvgIpc) is 2.38. The van der Waals surface area contributed by atoms with Gasteiger partial charge in [-0.15, -0.1) is 0 Å². The molecule has 5 rings (SSSR count). The van der Waals surface area contributed by atoms with Crippen LogP contribution in [0.1, 0.15) is 44.1 Å². The van der Waals surface area contributed by atoms with Crippen molar-refractivity contribution >= 4 is 11.5 Å². The zero-order chi connectivity index (χ0) is 15.5. The van der Waals surface area contributed by atoms with Gasteiger partial charge in [-0.2, -0.15) is 13.2 Å². The van der Waals surface area contributed by atoms with E-state index in [0.717, 1.165) is 49.3 Å². The molecule has 0 aliphatic heterocycles. The molecule has 22 heavy (non-hydrogen) atoms. The standard InChI is InChI=1S/C16H20F3N3/c17-16(18,19)12-4-13(14(20)21-8-12)22-15-5-9-1-10(6-15)3-11(2-9)7-15/h4,8-11,22H,1-3,5-7H2,(H2,20,21). The van der Waals surface area contributed by atoms with E-state index in [4.69, 9.17) is 5.73 Å². The van der Waals surface area contributed by atoms with Gasteiger partial charge in [-0.05, 0) is 62.3 Å². The van der Waals surface area contributed by atoms with Crippen LogP contribution in [-0.4, -0.2) is 10.5 Å². The van der Waals surface area contributed by atoms with Gasteiger partial charge in [0.25, 0.3) is 0 Å². The third-order valence-corrected chi connectivity index (χ3v) is 5.68. The highest BCUT2D eigenvalue weighted by molar-refractivity contribution is 5.64. The first-order chi connectivity index (χ1) is 10.3. The van der Waals surface area contributed by atoms with E-state index in [2.05, 4.69) is 10.3 Å². The highest BCUT2D eigenvalue weighted by Gasteiger charge is 2.51. The molecular formula is C16H20F3N3. The van der Waals surface area contributed by atoms with E-state index in [1.807, 2.05) is 0 Å². The SMILES string of the molecule is Nc1ncc(C(F)(F)F)cc1NC12CC3CC(CC(C3)C1)C2. The lowest BCUT2D eigenvalue weighted by Crippen LogP contribution is -2.54. The molecule has 0 spiro atoms. The summed E-state index contributed by atoms with van der Waals surface area (Å²) >= 11 is 0. The number of rotatable bonds is 2. The summed E-state index contributed by atoms with van der Waals surface area (Å²) in [6.45, 7) is 0. The number of nitrogens with two attached hydrogens (primary N) is 1. The van der Waals surface area contributed by atoms with Crippen molar-refractivity contribution in [2.75, 3.05) is 11.1 Å². The summed E-state index contributed by atoms with van der Waals surface area (Å²) in [6, 6.07) is 1.11. The van der Waals surface area contributed by atoms with Crippen molar-refractivity contribution in [1.29, 1.82) is 0 Å². The highest BCUT2D eigenvalue weighted by Crippen LogP contribution is 2.56. The molecule has 4 aliphatic carbocycles. The maximum Gasteiger partial charge on any atom is 0.417 e. The number of nitrogens with zero attached hydrogens (tertiary/aromatic N) is 1. The van der Waals surface area contributed by atoms with Crippen LogP contribution >= 0.6 is 0 Å². The Morgan fingerprint density at radius 2 is 1.64 bits per heavy atom. The van der Waals surface area contributed by atoms with Crippen molar-refractivity contribution < 1.29 is 13.2 Å². The monoisotopic (exact) mass is 311 g/mol. The third kappa shape index (κ3) is 2.32.